The van der Waals surface area contributed by atoms with Gasteiger partial charge in [-0.1, -0.05) is 0 Å². The van der Waals surface area contributed by atoms with Crippen LogP contribution in [0.5, 0.6) is 11.5 Å². The van der Waals surface area contributed by atoms with E-state index in [1.54, 1.807) is 14.2 Å². The fraction of sp³-hybridized carbons (Fsp3) is 0.500. The lowest BCUT2D eigenvalue weighted by molar-refractivity contribution is 0.368. The molecular weight excluding hydrogens is 245 g/mol. The summed E-state index contributed by atoms with van der Waals surface area (Å²) >= 11 is 0. The zero-order valence-corrected chi connectivity index (χ0v) is 11.1. The van der Waals surface area contributed by atoms with Crippen LogP contribution in [0, 0.1) is 6.92 Å². The minimum atomic E-state index is -0.457. The van der Waals surface area contributed by atoms with Crippen molar-refractivity contribution in [3.63, 3.8) is 0 Å². The second-order valence-corrected chi connectivity index (χ2v) is 3.67. The molecule has 0 unspecified atom stereocenters. The van der Waals surface area contributed by atoms with Crippen molar-refractivity contribution < 1.29 is 13.9 Å². The molecule has 1 atom stereocenters. The third kappa shape index (κ3) is 3.75. The SMILES string of the molecule is COc1cc(C)cc(OC)c1[C@H](N)CCF.Cl. The van der Waals surface area contributed by atoms with Gasteiger partial charge in [0.2, 0.25) is 0 Å². The number of ether oxygens (including phenoxy) is 2. The van der Waals surface area contributed by atoms with Crippen molar-refractivity contribution in [1.29, 1.82) is 0 Å². The number of alkyl halides is 1. The Bertz CT molecular complexity index is 335. The second-order valence-electron chi connectivity index (χ2n) is 3.67. The number of rotatable bonds is 5. The van der Waals surface area contributed by atoms with Gasteiger partial charge in [0.15, 0.2) is 0 Å². The van der Waals surface area contributed by atoms with Gasteiger partial charge in [-0.15, -0.1) is 12.4 Å². The average molecular weight is 264 g/mol. The Labute approximate surface area is 108 Å². The van der Waals surface area contributed by atoms with Crippen LogP contribution < -0.4 is 15.2 Å². The van der Waals surface area contributed by atoms with E-state index in [2.05, 4.69) is 0 Å². The summed E-state index contributed by atoms with van der Waals surface area (Å²) < 4.78 is 22.8. The van der Waals surface area contributed by atoms with Crippen LogP contribution in [0.15, 0.2) is 12.1 Å². The zero-order chi connectivity index (χ0) is 12.1. The quantitative estimate of drug-likeness (QED) is 0.888. The summed E-state index contributed by atoms with van der Waals surface area (Å²) in [6, 6.07) is 3.34. The molecule has 0 amide bonds. The monoisotopic (exact) mass is 263 g/mol. The third-order valence-electron chi connectivity index (χ3n) is 2.48. The summed E-state index contributed by atoms with van der Waals surface area (Å²) in [6.07, 6.45) is 0.260. The second kappa shape index (κ2) is 7.35. The number of nitrogens with two attached hydrogens (primary N) is 1. The molecule has 0 aromatic heterocycles. The molecule has 17 heavy (non-hydrogen) atoms. The summed E-state index contributed by atoms with van der Waals surface area (Å²) in [5, 5.41) is 0. The first-order valence-corrected chi connectivity index (χ1v) is 5.18. The fourth-order valence-electron chi connectivity index (χ4n) is 1.70. The molecule has 0 saturated carbocycles. The lowest BCUT2D eigenvalue weighted by atomic mass is 10.0. The van der Waals surface area contributed by atoms with Crippen LogP contribution >= 0.6 is 12.4 Å². The Morgan fingerprint density at radius 3 is 2.06 bits per heavy atom. The van der Waals surface area contributed by atoms with Crippen molar-refractivity contribution in [3.8, 4) is 11.5 Å². The van der Waals surface area contributed by atoms with E-state index in [0.717, 1.165) is 11.1 Å². The van der Waals surface area contributed by atoms with Gasteiger partial charge in [-0.25, -0.2) is 0 Å². The van der Waals surface area contributed by atoms with Crippen LogP contribution in [0.1, 0.15) is 23.6 Å². The first-order valence-electron chi connectivity index (χ1n) is 5.18. The Hall–Kier alpha value is -1.00. The van der Waals surface area contributed by atoms with Gasteiger partial charge in [0.1, 0.15) is 11.5 Å². The molecule has 0 aliphatic rings. The van der Waals surface area contributed by atoms with Gasteiger partial charge in [0.05, 0.1) is 26.5 Å². The molecular formula is C12H19ClFNO2. The van der Waals surface area contributed by atoms with Crippen LogP contribution in [-0.2, 0) is 0 Å². The van der Waals surface area contributed by atoms with Crippen LogP contribution in [0.25, 0.3) is 0 Å². The highest BCUT2D eigenvalue weighted by Gasteiger charge is 2.18. The average Bonchev–Trinajstić information content (AvgIpc) is 2.27. The number of halogens is 2. The Morgan fingerprint density at radius 1 is 1.24 bits per heavy atom. The van der Waals surface area contributed by atoms with Gasteiger partial charge in [-0.2, -0.15) is 0 Å². The first kappa shape index (κ1) is 16.0. The van der Waals surface area contributed by atoms with E-state index in [1.807, 2.05) is 19.1 Å². The van der Waals surface area contributed by atoms with Gasteiger partial charge < -0.3 is 15.2 Å². The lowest BCUT2D eigenvalue weighted by Crippen LogP contribution is -2.14. The molecule has 0 bridgehead atoms. The maximum absolute atomic E-state index is 12.3. The molecule has 2 N–H and O–H groups in total. The van der Waals surface area contributed by atoms with Gasteiger partial charge in [0.25, 0.3) is 0 Å². The maximum Gasteiger partial charge on any atom is 0.127 e. The highest BCUT2D eigenvalue weighted by molar-refractivity contribution is 5.85. The van der Waals surface area contributed by atoms with E-state index in [1.165, 1.54) is 0 Å². The van der Waals surface area contributed by atoms with Crippen molar-refractivity contribution in [3.05, 3.63) is 23.3 Å². The number of methoxy groups -OCH3 is 2. The van der Waals surface area contributed by atoms with Gasteiger partial charge >= 0.3 is 0 Å². The maximum atomic E-state index is 12.3. The molecule has 0 aliphatic carbocycles. The summed E-state index contributed by atoms with van der Waals surface area (Å²) in [5.74, 6) is 1.30. The summed E-state index contributed by atoms with van der Waals surface area (Å²) in [7, 11) is 3.14. The molecule has 1 rings (SSSR count). The predicted molar refractivity (Wildman–Crippen MR) is 69.1 cm³/mol. The third-order valence-corrected chi connectivity index (χ3v) is 2.48. The minimum Gasteiger partial charge on any atom is -0.496 e. The molecule has 0 aliphatic heterocycles. The van der Waals surface area contributed by atoms with Crippen LogP contribution in [0.4, 0.5) is 4.39 Å². The first-order chi connectivity index (χ1) is 7.63. The summed E-state index contributed by atoms with van der Waals surface area (Å²) in [6.45, 7) is 1.48. The van der Waals surface area contributed by atoms with Crippen LogP contribution in [-0.4, -0.2) is 20.9 Å². The van der Waals surface area contributed by atoms with E-state index >= 15 is 0 Å². The van der Waals surface area contributed by atoms with Crippen LogP contribution in [0.2, 0.25) is 0 Å². The molecule has 0 radical (unpaired) electrons. The van der Waals surface area contributed by atoms with E-state index in [9.17, 15) is 4.39 Å². The predicted octanol–water partition coefficient (Wildman–Crippen LogP) is 2.79. The van der Waals surface area contributed by atoms with E-state index in [0.29, 0.717) is 11.5 Å². The van der Waals surface area contributed by atoms with Crippen molar-refractivity contribution >= 4 is 12.4 Å². The number of hydrogen-bond donors (Lipinski definition) is 1. The van der Waals surface area contributed by atoms with Gasteiger partial charge in [-0.3, -0.25) is 4.39 Å². The van der Waals surface area contributed by atoms with Crippen molar-refractivity contribution in [1.82, 2.24) is 0 Å². The molecule has 3 nitrogen and oxygen atoms in total. The van der Waals surface area contributed by atoms with E-state index < -0.39 is 12.7 Å². The molecule has 1 aromatic rings. The van der Waals surface area contributed by atoms with Crippen LogP contribution in [0.3, 0.4) is 0 Å². The molecule has 0 fully saturated rings. The Balaban J connectivity index is 0.00000256. The summed E-state index contributed by atoms with van der Waals surface area (Å²) in [5.41, 5.74) is 7.66. The van der Waals surface area contributed by atoms with Crippen molar-refractivity contribution in [2.45, 2.75) is 19.4 Å². The number of benzene rings is 1. The molecule has 0 heterocycles. The minimum absolute atomic E-state index is 0. The van der Waals surface area contributed by atoms with E-state index in [4.69, 9.17) is 15.2 Å². The molecule has 5 heteroatoms. The van der Waals surface area contributed by atoms with Gasteiger partial charge in [0, 0.05) is 6.04 Å². The molecule has 98 valence electrons. The van der Waals surface area contributed by atoms with Crippen molar-refractivity contribution in [2.24, 2.45) is 5.73 Å². The largest absolute Gasteiger partial charge is 0.496 e. The normalized spacial score (nSPS) is 11.6. The molecule has 0 saturated heterocycles. The van der Waals surface area contributed by atoms with E-state index in [-0.39, 0.29) is 18.8 Å². The highest BCUT2D eigenvalue weighted by atomic mass is 35.5. The standard InChI is InChI=1S/C12H18FNO2.ClH/c1-8-6-10(15-2)12(9(14)4-5-13)11(7-8)16-3;/h6-7,9H,4-5,14H2,1-3H3;1H/t9-;/m1./s1. The van der Waals surface area contributed by atoms with Crippen molar-refractivity contribution in [2.75, 3.05) is 20.9 Å². The Morgan fingerprint density at radius 2 is 1.71 bits per heavy atom. The number of hydrogen-bond acceptors (Lipinski definition) is 3. The Kier molecular flexibility index (Phi) is 6.92. The highest BCUT2D eigenvalue weighted by Crippen LogP contribution is 2.35. The smallest absolute Gasteiger partial charge is 0.127 e. The zero-order valence-electron chi connectivity index (χ0n) is 10.3. The topological polar surface area (TPSA) is 44.5 Å². The number of aryl methyl sites for hydroxylation is 1. The fourth-order valence-corrected chi connectivity index (χ4v) is 1.70. The van der Waals surface area contributed by atoms with Gasteiger partial charge in [-0.05, 0) is 31.0 Å². The summed E-state index contributed by atoms with van der Waals surface area (Å²) in [4.78, 5) is 0. The molecule has 0 spiro atoms. The lowest BCUT2D eigenvalue weighted by Gasteiger charge is -2.18. The molecule has 1 aromatic carbocycles.